The Balaban J connectivity index is 2.44. The van der Waals surface area contributed by atoms with Crippen LogP contribution in [-0.4, -0.2) is 22.5 Å². The number of hydrogen-bond donors (Lipinski definition) is 1. The lowest BCUT2D eigenvalue weighted by Crippen LogP contribution is -2.29. The molecule has 0 saturated carbocycles. The Labute approximate surface area is 122 Å². The predicted octanol–water partition coefficient (Wildman–Crippen LogP) is 3.63. The van der Waals surface area contributed by atoms with Crippen molar-refractivity contribution < 1.29 is 13.0 Å². The first-order chi connectivity index (χ1) is 9.58. The van der Waals surface area contributed by atoms with E-state index in [0.29, 0.717) is 11.8 Å². The molecule has 0 radical (unpaired) electrons. The van der Waals surface area contributed by atoms with E-state index in [9.17, 15) is 13.0 Å². The van der Waals surface area contributed by atoms with Crippen LogP contribution in [0.1, 0.15) is 39.5 Å². The maximum Gasteiger partial charge on any atom is 0.139 e. The highest BCUT2D eigenvalue weighted by Gasteiger charge is 2.12. The second-order valence-electron chi connectivity index (χ2n) is 4.83. The van der Waals surface area contributed by atoms with E-state index >= 15 is 0 Å². The standard InChI is InChI=1S/C15H23F2NOS/c1-3-9-18-13(4-2)6-5-10-20(19)15-11-12(16)7-8-14(15)17/h7-8,11,13,18H,3-6,9-10H2,1-2H3. The number of hydrogen-bond acceptors (Lipinski definition) is 2. The van der Waals surface area contributed by atoms with Crippen molar-refractivity contribution in [2.24, 2.45) is 0 Å². The Kier molecular flexibility index (Phi) is 7.92. The Bertz CT molecular complexity index is 440. The largest absolute Gasteiger partial charge is 0.314 e. The fourth-order valence-electron chi connectivity index (χ4n) is 2.02. The summed E-state index contributed by atoms with van der Waals surface area (Å²) in [5.41, 5.74) is 0. The fourth-order valence-corrected chi connectivity index (χ4v) is 3.20. The van der Waals surface area contributed by atoms with Gasteiger partial charge in [-0.3, -0.25) is 4.21 Å². The van der Waals surface area contributed by atoms with Crippen LogP contribution in [0.4, 0.5) is 8.78 Å². The van der Waals surface area contributed by atoms with Gasteiger partial charge in [0, 0.05) is 11.8 Å². The zero-order valence-electron chi connectivity index (χ0n) is 12.1. The maximum atomic E-state index is 13.5. The van der Waals surface area contributed by atoms with Gasteiger partial charge in [0.1, 0.15) is 11.6 Å². The Morgan fingerprint density at radius 3 is 2.70 bits per heavy atom. The quantitative estimate of drug-likeness (QED) is 0.755. The van der Waals surface area contributed by atoms with E-state index in [1.165, 1.54) is 0 Å². The van der Waals surface area contributed by atoms with Crippen molar-refractivity contribution in [3.05, 3.63) is 29.8 Å². The van der Waals surface area contributed by atoms with Crippen LogP contribution in [0, 0.1) is 11.6 Å². The minimum absolute atomic E-state index is 0.0282. The van der Waals surface area contributed by atoms with Crippen molar-refractivity contribution >= 4 is 10.8 Å². The average Bonchev–Trinajstić information content (AvgIpc) is 2.45. The van der Waals surface area contributed by atoms with Gasteiger partial charge < -0.3 is 5.32 Å². The highest BCUT2D eigenvalue weighted by molar-refractivity contribution is 7.85. The van der Waals surface area contributed by atoms with E-state index in [-0.39, 0.29) is 4.90 Å². The summed E-state index contributed by atoms with van der Waals surface area (Å²) in [6.07, 6.45) is 3.73. The molecule has 0 aromatic heterocycles. The third kappa shape index (κ3) is 5.67. The summed E-state index contributed by atoms with van der Waals surface area (Å²) in [7, 11) is -1.47. The number of rotatable bonds is 9. The summed E-state index contributed by atoms with van der Waals surface area (Å²) in [6, 6.07) is 3.50. The lowest BCUT2D eigenvalue weighted by Gasteiger charge is -2.16. The van der Waals surface area contributed by atoms with Gasteiger partial charge in [-0.1, -0.05) is 13.8 Å². The first-order valence-electron chi connectivity index (χ1n) is 7.15. The second-order valence-corrected chi connectivity index (χ2v) is 6.37. The first-order valence-corrected chi connectivity index (χ1v) is 8.47. The lowest BCUT2D eigenvalue weighted by molar-refractivity contribution is 0.464. The molecule has 0 fully saturated rings. The second kappa shape index (κ2) is 9.19. The van der Waals surface area contributed by atoms with Gasteiger partial charge >= 0.3 is 0 Å². The van der Waals surface area contributed by atoms with Gasteiger partial charge in [0.15, 0.2) is 0 Å². The van der Waals surface area contributed by atoms with Crippen LogP contribution in [0.25, 0.3) is 0 Å². The molecular weight excluding hydrogens is 280 g/mol. The number of halogens is 2. The highest BCUT2D eigenvalue weighted by Crippen LogP contribution is 2.15. The van der Waals surface area contributed by atoms with Crippen molar-refractivity contribution in [1.82, 2.24) is 5.32 Å². The van der Waals surface area contributed by atoms with Crippen LogP contribution in [0.2, 0.25) is 0 Å². The first kappa shape index (κ1) is 17.2. The molecule has 0 saturated heterocycles. The summed E-state index contributed by atoms with van der Waals surface area (Å²) in [5, 5.41) is 3.42. The molecule has 1 rings (SSSR count). The molecule has 0 aliphatic carbocycles. The van der Waals surface area contributed by atoms with Gasteiger partial charge in [-0.25, -0.2) is 8.78 Å². The third-order valence-electron chi connectivity index (χ3n) is 3.20. The monoisotopic (exact) mass is 303 g/mol. The summed E-state index contributed by atoms with van der Waals surface area (Å²) in [5.74, 6) is -0.781. The molecule has 2 atom stereocenters. The zero-order valence-corrected chi connectivity index (χ0v) is 12.9. The average molecular weight is 303 g/mol. The molecular formula is C15H23F2NOS. The van der Waals surface area contributed by atoms with E-state index in [2.05, 4.69) is 19.2 Å². The summed E-state index contributed by atoms with van der Waals surface area (Å²) in [6.45, 7) is 5.19. The smallest absolute Gasteiger partial charge is 0.139 e. The van der Waals surface area contributed by atoms with Crippen LogP contribution in [-0.2, 0) is 10.8 Å². The Morgan fingerprint density at radius 2 is 2.05 bits per heavy atom. The molecule has 0 aliphatic heterocycles. The fraction of sp³-hybridized carbons (Fsp3) is 0.600. The van der Waals surface area contributed by atoms with Gasteiger partial charge in [-0.05, 0) is 50.4 Å². The molecule has 20 heavy (non-hydrogen) atoms. The van der Waals surface area contributed by atoms with E-state index in [0.717, 1.165) is 50.4 Å². The van der Waals surface area contributed by atoms with Gasteiger partial charge in [0.25, 0.3) is 0 Å². The SMILES string of the molecule is CCCNC(CC)CCCS(=O)c1cc(F)ccc1F. The minimum Gasteiger partial charge on any atom is -0.314 e. The van der Waals surface area contributed by atoms with Gasteiger partial charge in [-0.2, -0.15) is 0 Å². The molecule has 0 heterocycles. The molecule has 2 nitrogen and oxygen atoms in total. The van der Waals surface area contributed by atoms with Crippen LogP contribution in [0.3, 0.4) is 0 Å². The molecule has 0 aliphatic rings. The summed E-state index contributed by atoms with van der Waals surface area (Å²) >= 11 is 0. The molecule has 1 aromatic carbocycles. The Hall–Kier alpha value is -0.810. The molecule has 2 unspecified atom stereocenters. The number of nitrogens with one attached hydrogen (secondary N) is 1. The topological polar surface area (TPSA) is 29.1 Å². The lowest BCUT2D eigenvalue weighted by atomic mass is 10.1. The van der Waals surface area contributed by atoms with Gasteiger partial charge in [-0.15, -0.1) is 0 Å². The zero-order chi connectivity index (χ0) is 15.0. The molecule has 114 valence electrons. The van der Waals surface area contributed by atoms with Crippen molar-refractivity contribution in [3.63, 3.8) is 0 Å². The predicted molar refractivity (Wildman–Crippen MR) is 79.2 cm³/mol. The van der Waals surface area contributed by atoms with Crippen LogP contribution < -0.4 is 5.32 Å². The third-order valence-corrected chi connectivity index (χ3v) is 4.66. The maximum absolute atomic E-state index is 13.5. The number of benzene rings is 1. The van der Waals surface area contributed by atoms with Crippen LogP contribution in [0.15, 0.2) is 23.1 Å². The van der Waals surface area contributed by atoms with Crippen molar-refractivity contribution in [1.29, 1.82) is 0 Å². The molecule has 5 heteroatoms. The van der Waals surface area contributed by atoms with Crippen LogP contribution >= 0.6 is 0 Å². The van der Waals surface area contributed by atoms with E-state index in [1.54, 1.807) is 0 Å². The van der Waals surface area contributed by atoms with Crippen molar-refractivity contribution in [2.75, 3.05) is 12.3 Å². The molecule has 0 spiro atoms. The highest BCUT2D eigenvalue weighted by atomic mass is 32.2. The van der Waals surface area contributed by atoms with E-state index < -0.39 is 22.4 Å². The van der Waals surface area contributed by atoms with Crippen molar-refractivity contribution in [2.45, 2.75) is 50.5 Å². The van der Waals surface area contributed by atoms with Crippen LogP contribution in [0.5, 0.6) is 0 Å². The molecule has 0 amide bonds. The summed E-state index contributed by atoms with van der Waals surface area (Å²) in [4.78, 5) is -0.0282. The summed E-state index contributed by atoms with van der Waals surface area (Å²) < 4.78 is 38.5. The minimum atomic E-state index is -1.47. The van der Waals surface area contributed by atoms with Gasteiger partial charge in [0.05, 0.1) is 15.7 Å². The Morgan fingerprint density at radius 1 is 1.30 bits per heavy atom. The van der Waals surface area contributed by atoms with Crippen molar-refractivity contribution in [3.8, 4) is 0 Å². The van der Waals surface area contributed by atoms with E-state index in [1.807, 2.05) is 0 Å². The normalized spacial score (nSPS) is 14.2. The molecule has 1 aromatic rings. The molecule has 0 bridgehead atoms. The van der Waals surface area contributed by atoms with Gasteiger partial charge in [0.2, 0.25) is 0 Å². The molecule has 1 N–H and O–H groups in total. The van der Waals surface area contributed by atoms with E-state index in [4.69, 9.17) is 0 Å².